The molecular formula is C20H25Cl2N3O2S. The summed E-state index contributed by atoms with van der Waals surface area (Å²) >= 11 is 13.5. The van der Waals surface area contributed by atoms with Gasteiger partial charge in [0.2, 0.25) is 11.8 Å². The van der Waals surface area contributed by atoms with Crippen LogP contribution in [0.4, 0.5) is 5.69 Å². The second-order valence-corrected chi connectivity index (χ2v) is 9.03. The molecule has 8 heteroatoms. The predicted molar refractivity (Wildman–Crippen MR) is 117 cm³/mol. The Balaban J connectivity index is 1.70. The molecule has 2 aliphatic rings. The third-order valence-electron chi connectivity index (χ3n) is 5.05. The van der Waals surface area contributed by atoms with E-state index >= 15 is 0 Å². The molecule has 2 fully saturated rings. The summed E-state index contributed by atoms with van der Waals surface area (Å²) in [5.41, 5.74) is 0.456. The van der Waals surface area contributed by atoms with Crippen LogP contribution in [0.5, 0.6) is 0 Å². The minimum atomic E-state index is -0.452. The largest absolute Gasteiger partial charge is 0.325 e. The van der Waals surface area contributed by atoms with E-state index in [4.69, 9.17) is 23.2 Å². The number of rotatable bonds is 5. The number of carbonyl (C=O) groups excluding carboxylic acids is 2. The van der Waals surface area contributed by atoms with Gasteiger partial charge >= 0.3 is 0 Å². The van der Waals surface area contributed by atoms with Crippen LogP contribution in [0, 0.1) is 0 Å². The summed E-state index contributed by atoms with van der Waals surface area (Å²) in [6, 6.07) is 5.27. The third kappa shape index (κ3) is 5.02. The average molecular weight is 442 g/mol. The van der Waals surface area contributed by atoms with E-state index < -0.39 is 5.25 Å². The molecule has 1 N–H and O–H groups in total. The van der Waals surface area contributed by atoms with Crippen molar-refractivity contribution in [2.45, 2.75) is 63.2 Å². The van der Waals surface area contributed by atoms with Crippen molar-refractivity contribution in [2.24, 2.45) is 4.99 Å². The van der Waals surface area contributed by atoms with Gasteiger partial charge in [0.05, 0.1) is 15.7 Å². The maximum absolute atomic E-state index is 13.1. The molecule has 0 radical (unpaired) electrons. The first kappa shape index (κ1) is 21.5. The summed E-state index contributed by atoms with van der Waals surface area (Å²) in [7, 11) is 0. The van der Waals surface area contributed by atoms with Gasteiger partial charge in [0.15, 0.2) is 5.17 Å². The Morgan fingerprint density at radius 2 is 1.96 bits per heavy atom. The van der Waals surface area contributed by atoms with Gasteiger partial charge in [-0.25, -0.2) is 0 Å². The molecule has 0 bridgehead atoms. The normalized spacial score (nSPS) is 22.5. The fourth-order valence-electron chi connectivity index (χ4n) is 3.68. The number of hydrogen-bond donors (Lipinski definition) is 1. The molecule has 0 spiro atoms. The first-order valence-electron chi connectivity index (χ1n) is 9.79. The number of carbonyl (C=O) groups is 2. The van der Waals surface area contributed by atoms with Crippen molar-refractivity contribution in [1.29, 1.82) is 0 Å². The van der Waals surface area contributed by atoms with Crippen molar-refractivity contribution in [2.75, 3.05) is 11.9 Å². The number of amides is 2. The fraction of sp³-hybridized carbons (Fsp3) is 0.550. The summed E-state index contributed by atoms with van der Waals surface area (Å²) in [4.78, 5) is 32.1. The zero-order valence-electron chi connectivity index (χ0n) is 15.9. The van der Waals surface area contributed by atoms with Gasteiger partial charge in [0, 0.05) is 19.0 Å². The Labute approximate surface area is 180 Å². The van der Waals surface area contributed by atoms with Crippen molar-refractivity contribution in [3.63, 3.8) is 0 Å². The zero-order chi connectivity index (χ0) is 20.1. The summed E-state index contributed by atoms with van der Waals surface area (Å²) in [6.07, 6.45) is 6.81. The zero-order valence-corrected chi connectivity index (χ0v) is 18.2. The van der Waals surface area contributed by atoms with Crippen molar-refractivity contribution in [3.8, 4) is 0 Å². The van der Waals surface area contributed by atoms with E-state index in [0.717, 1.165) is 30.9 Å². The van der Waals surface area contributed by atoms with Crippen LogP contribution < -0.4 is 5.32 Å². The quantitative estimate of drug-likeness (QED) is 0.624. The number of thioether (sulfide) groups is 1. The Morgan fingerprint density at radius 1 is 1.25 bits per heavy atom. The maximum Gasteiger partial charge on any atom is 0.242 e. The first-order valence-corrected chi connectivity index (χ1v) is 11.4. The van der Waals surface area contributed by atoms with Gasteiger partial charge in [-0.2, -0.15) is 0 Å². The lowest BCUT2D eigenvalue weighted by molar-refractivity contribution is -0.129. The number of benzene rings is 1. The van der Waals surface area contributed by atoms with Crippen LogP contribution in [-0.2, 0) is 9.59 Å². The van der Waals surface area contributed by atoms with E-state index in [1.54, 1.807) is 18.2 Å². The van der Waals surface area contributed by atoms with Gasteiger partial charge in [-0.3, -0.25) is 19.5 Å². The number of aliphatic imine (C=N–C) groups is 1. The number of hydrogen-bond acceptors (Lipinski definition) is 4. The van der Waals surface area contributed by atoms with Crippen LogP contribution in [0.2, 0.25) is 10.0 Å². The topological polar surface area (TPSA) is 61.8 Å². The molecule has 1 saturated carbocycles. The van der Waals surface area contributed by atoms with Crippen LogP contribution in [0.3, 0.4) is 0 Å². The number of nitrogens with zero attached hydrogens (tertiary/aromatic N) is 2. The van der Waals surface area contributed by atoms with Crippen LogP contribution in [0.1, 0.15) is 51.9 Å². The molecule has 1 aromatic rings. The molecule has 1 aliphatic heterocycles. The number of halogens is 2. The van der Waals surface area contributed by atoms with E-state index in [1.807, 2.05) is 11.8 Å². The van der Waals surface area contributed by atoms with E-state index in [1.165, 1.54) is 24.6 Å². The van der Waals surface area contributed by atoms with Gasteiger partial charge in [0.1, 0.15) is 5.25 Å². The molecule has 5 nitrogen and oxygen atoms in total. The first-order chi connectivity index (χ1) is 13.5. The van der Waals surface area contributed by atoms with Gasteiger partial charge < -0.3 is 5.32 Å². The Bertz CT molecular complexity index is 764. The minimum absolute atomic E-state index is 0.00330. The summed E-state index contributed by atoms with van der Waals surface area (Å²) < 4.78 is 0. The highest BCUT2D eigenvalue weighted by atomic mass is 35.5. The SMILES string of the molecule is CCN=C1S[C@@H](CC(=O)Nc2cccc(Cl)c2Cl)C(=O)N1C1CCCCCC1. The molecule has 1 atom stereocenters. The number of nitrogens with one attached hydrogen (secondary N) is 1. The van der Waals surface area contributed by atoms with E-state index in [-0.39, 0.29) is 24.3 Å². The lowest BCUT2D eigenvalue weighted by Crippen LogP contribution is -2.41. The highest BCUT2D eigenvalue weighted by molar-refractivity contribution is 8.15. The molecule has 1 aromatic carbocycles. The van der Waals surface area contributed by atoms with Crippen molar-refractivity contribution >= 4 is 57.6 Å². The van der Waals surface area contributed by atoms with Crippen LogP contribution >= 0.6 is 35.0 Å². The number of amidine groups is 1. The minimum Gasteiger partial charge on any atom is -0.325 e. The van der Waals surface area contributed by atoms with Crippen LogP contribution in [-0.4, -0.2) is 39.7 Å². The molecular weight excluding hydrogens is 417 g/mol. The smallest absolute Gasteiger partial charge is 0.242 e. The second-order valence-electron chi connectivity index (χ2n) is 7.07. The van der Waals surface area contributed by atoms with E-state index in [2.05, 4.69) is 10.3 Å². The van der Waals surface area contributed by atoms with Crippen LogP contribution in [0.15, 0.2) is 23.2 Å². The van der Waals surface area contributed by atoms with Crippen molar-refractivity contribution in [3.05, 3.63) is 28.2 Å². The molecule has 28 heavy (non-hydrogen) atoms. The lowest BCUT2D eigenvalue weighted by atomic mass is 10.1. The molecule has 1 saturated heterocycles. The highest BCUT2D eigenvalue weighted by Gasteiger charge is 2.42. The van der Waals surface area contributed by atoms with Gasteiger partial charge in [-0.05, 0) is 31.9 Å². The standard InChI is InChI=1S/C20H25Cl2N3O2S/c1-2-23-20-25(13-8-5-3-4-6-9-13)19(27)16(28-20)12-17(26)24-15-11-7-10-14(21)18(15)22/h7,10-11,13,16H,2-6,8-9,12H2,1H3,(H,24,26)/t16-/m0/s1. The Hall–Kier alpha value is -1.24. The molecule has 0 aromatic heterocycles. The highest BCUT2D eigenvalue weighted by Crippen LogP contribution is 2.35. The Kier molecular flexibility index (Phi) is 7.66. The molecule has 3 rings (SSSR count). The van der Waals surface area contributed by atoms with E-state index in [9.17, 15) is 9.59 Å². The van der Waals surface area contributed by atoms with Gasteiger partial charge in [-0.15, -0.1) is 0 Å². The third-order valence-corrected chi connectivity index (χ3v) is 7.05. The van der Waals surface area contributed by atoms with Crippen molar-refractivity contribution < 1.29 is 9.59 Å². The van der Waals surface area contributed by atoms with Gasteiger partial charge in [-0.1, -0.05) is 66.7 Å². The van der Waals surface area contributed by atoms with Crippen molar-refractivity contribution in [1.82, 2.24) is 4.90 Å². The summed E-state index contributed by atoms with van der Waals surface area (Å²) in [5.74, 6) is -0.259. The monoisotopic (exact) mass is 441 g/mol. The predicted octanol–water partition coefficient (Wildman–Crippen LogP) is 5.36. The molecule has 2 amide bonds. The summed E-state index contributed by atoms with van der Waals surface area (Å²) in [5, 5.41) is 3.76. The Morgan fingerprint density at radius 3 is 2.64 bits per heavy atom. The van der Waals surface area contributed by atoms with Gasteiger partial charge in [0.25, 0.3) is 0 Å². The number of anilines is 1. The lowest BCUT2D eigenvalue weighted by Gasteiger charge is -2.26. The van der Waals surface area contributed by atoms with Crippen LogP contribution in [0.25, 0.3) is 0 Å². The molecule has 0 unspecified atom stereocenters. The average Bonchev–Trinajstić information content (AvgIpc) is 2.84. The van der Waals surface area contributed by atoms with E-state index in [0.29, 0.717) is 22.3 Å². The summed E-state index contributed by atoms with van der Waals surface area (Å²) in [6.45, 7) is 2.58. The maximum atomic E-state index is 13.1. The molecule has 152 valence electrons. The molecule has 1 aliphatic carbocycles. The fourth-order valence-corrected chi connectivity index (χ4v) is 5.29. The second kappa shape index (κ2) is 9.99. The molecule has 1 heterocycles.